The number of hydrogen-bond donors (Lipinski definition) is 3. The molecule has 0 heterocycles. The molecule has 0 fully saturated rings. The maximum Gasteiger partial charge on any atom is 0.332 e. The van der Waals surface area contributed by atoms with Gasteiger partial charge in [-0.2, -0.15) is 5.10 Å². The molecule has 8 nitrogen and oxygen atoms in total. The van der Waals surface area contributed by atoms with Crippen LogP contribution in [0.5, 0.6) is 5.75 Å². The van der Waals surface area contributed by atoms with Crippen LogP contribution in [0, 0.1) is 10.1 Å². The molecule has 0 unspecified atom stereocenters. The summed E-state index contributed by atoms with van der Waals surface area (Å²) in [5.41, 5.74) is 6.04. The van der Waals surface area contributed by atoms with Gasteiger partial charge in [-0.25, -0.2) is 10.2 Å². The number of phenols is 1. The lowest BCUT2D eigenvalue weighted by atomic mass is 10.2. The van der Waals surface area contributed by atoms with Gasteiger partial charge in [0.15, 0.2) is 0 Å². The van der Waals surface area contributed by atoms with Crippen LogP contribution in [0.1, 0.15) is 5.56 Å². The van der Waals surface area contributed by atoms with E-state index in [0.29, 0.717) is 0 Å². The summed E-state index contributed by atoms with van der Waals surface area (Å²) in [5.74, 6) is -0.602. The molecule has 90 valence electrons. The summed E-state index contributed by atoms with van der Waals surface area (Å²) in [7, 11) is 0. The van der Waals surface area contributed by atoms with Gasteiger partial charge < -0.3 is 10.8 Å². The van der Waals surface area contributed by atoms with Crippen LogP contribution in [0.2, 0.25) is 5.02 Å². The van der Waals surface area contributed by atoms with Crippen LogP contribution in [0.15, 0.2) is 17.2 Å². The summed E-state index contributed by atoms with van der Waals surface area (Å²) >= 11 is 5.62. The molecule has 1 aromatic rings. The Morgan fingerprint density at radius 3 is 2.82 bits per heavy atom. The van der Waals surface area contributed by atoms with E-state index in [2.05, 4.69) is 5.10 Å². The Kier molecular flexibility index (Phi) is 3.83. The second-order valence-corrected chi connectivity index (χ2v) is 3.29. The summed E-state index contributed by atoms with van der Waals surface area (Å²) in [5, 5.41) is 23.5. The molecule has 4 N–H and O–H groups in total. The summed E-state index contributed by atoms with van der Waals surface area (Å²) in [6, 6.07) is 1.34. The van der Waals surface area contributed by atoms with Gasteiger partial charge in [0, 0.05) is 16.7 Å². The molecular weight excluding hydrogens is 252 g/mol. The Labute approximate surface area is 99.8 Å². The van der Waals surface area contributed by atoms with Gasteiger partial charge in [0.2, 0.25) is 5.75 Å². The maximum absolute atomic E-state index is 10.6. The number of hydrogen-bond acceptors (Lipinski definition) is 5. The molecule has 17 heavy (non-hydrogen) atoms. The number of carbonyl (C=O) groups is 1. The van der Waals surface area contributed by atoms with E-state index in [4.69, 9.17) is 17.3 Å². The first-order valence-electron chi connectivity index (χ1n) is 4.17. The average molecular weight is 259 g/mol. The number of urea groups is 1. The van der Waals surface area contributed by atoms with E-state index in [-0.39, 0.29) is 10.6 Å². The summed E-state index contributed by atoms with van der Waals surface area (Å²) < 4.78 is 0. The van der Waals surface area contributed by atoms with Crippen molar-refractivity contribution in [2.24, 2.45) is 10.8 Å². The Morgan fingerprint density at radius 2 is 2.29 bits per heavy atom. The lowest BCUT2D eigenvalue weighted by Gasteiger charge is -2.01. The third-order valence-corrected chi connectivity index (χ3v) is 1.88. The van der Waals surface area contributed by atoms with Gasteiger partial charge in [0.05, 0.1) is 11.1 Å². The molecule has 0 aromatic heterocycles. The molecule has 0 atom stereocenters. The molecule has 0 aliphatic carbocycles. The number of primary amides is 1. The minimum absolute atomic E-state index is 0.0158. The molecule has 0 saturated heterocycles. The Balaban J connectivity index is 3.11. The summed E-state index contributed by atoms with van der Waals surface area (Å²) in [6.45, 7) is 0. The predicted octanol–water partition coefficient (Wildman–Crippen LogP) is 0.956. The van der Waals surface area contributed by atoms with E-state index < -0.39 is 22.4 Å². The highest BCUT2D eigenvalue weighted by atomic mass is 35.5. The van der Waals surface area contributed by atoms with Gasteiger partial charge in [-0.05, 0) is 6.07 Å². The van der Waals surface area contributed by atoms with Crippen LogP contribution in [0.25, 0.3) is 0 Å². The van der Waals surface area contributed by atoms with Gasteiger partial charge in [0.1, 0.15) is 0 Å². The zero-order valence-corrected chi connectivity index (χ0v) is 9.01. The molecule has 1 rings (SSSR count). The van der Waals surface area contributed by atoms with Crippen LogP contribution in [-0.4, -0.2) is 22.3 Å². The number of carbonyl (C=O) groups excluding carboxylic acids is 1. The van der Waals surface area contributed by atoms with Gasteiger partial charge in [-0.15, -0.1) is 0 Å². The standard InChI is InChI=1S/C8H7ClN4O4/c9-5-1-4(3-11-12-8(10)15)7(14)6(2-5)13(16)17/h1-3,14H,(H3,10,12,15)/b11-3+. The van der Waals surface area contributed by atoms with Crippen LogP contribution in [0.4, 0.5) is 10.5 Å². The number of aromatic hydroxyl groups is 1. The molecule has 2 amide bonds. The Hall–Kier alpha value is -2.35. The largest absolute Gasteiger partial charge is 0.502 e. The molecule has 0 spiro atoms. The third kappa shape index (κ3) is 3.31. The smallest absolute Gasteiger partial charge is 0.332 e. The van der Waals surface area contributed by atoms with Crippen molar-refractivity contribution in [3.05, 3.63) is 32.8 Å². The number of nitrogens with zero attached hydrogens (tertiary/aromatic N) is 2. The number of nitrogens with one attached hydrogen (secondary N) is 1. The second-order valence-electron chi connectivity index (χ2n) is 2.85. The first kappa shape index (κ1) is 12.7. The van der Waals surface area contributed by atoms with Crippen molar-refractivity contribution < 1.29 is 14.8 Å². The minimum Gasteiger partial charge on any atom is -0.502 e. The third-order valence-electron chi connectivity index (χ3n) is 1.66. The van der Waals surface area contributed by atoms with E-state index in [1.54, 1.807) is 0 Å². The van der Waals surface area contributed by atoms with E-state index in [1.165, 1.54) is 6.07 Å². The van der Waals surface area contributed by atoms with Crippen LogP contribution < -0.4 is 11.2 Å². The lowest BCUT2D eigenvalue weighted by Crippen LogP contribution is -2.24. The SMILES string of the molecule is NC(=O)N/N=C/c1cc(Cl)cc([N+](=O)[O-])c1O. The van der Waals surface area contributed by atoms with E-state index >= 15 is 0 Å². The zero-order valence-electron chi connectivity index (χ0n) is 8.25. The summed E-state index contributed by atoms with van der Waals surface area (Å²) in [4.78, 5) is 20.1. The second kappa shape index (κ2) is 5.12. The highest BCUT2D eigenvalue weighted by molar-refractivity contribution is 6.31. The maximum atomic E-state index is 10.6. The normalized spacial score (nSPS) is 10.4. The molecule has 0 saturated carbocycles. The number of halogens is 1. The molecule has 0 bridgehead atoms. The Morgan fingerprint density at radius 1 is 1.65 bits per heavy atom. The molecule has 0 radical (unpaired) electrons. The minimum atomic E-state index is -0.905. The zero-order chi connectivity index (χ0) is 13.0. The number of nitro groups is 1. The number of nitrogens with two attached hydrogens (primary N) is 1. The first-order valence-corrected chi connectivity index (χ1v) is 4.55. The number of hydrazone groups is 1. The lowest BCUT2D eigenvalue weighted by molar-refractivity contribution is -0.385. The molecular formula is C8H7ClN4O4. The number of phenolic OH excluding ortho intramolecular Hbond substituents is 1. The van der Waals surface area contributed by atoms with Crippen LogP contribution in [0.3, 0.4) is 0 Å². The van der Waals surface area contributed by atoms with E-state index in [1.807, 2.05) is 5.43 Å². The van der Waals surface area contributed by atoms with Crippen molar-refractivity contribution in [2.75, 3.05) is 0 Å². The average Bonchev–Trinajstić information content (AvgIpc) is 2.21. The van der Waals surface area contributed by atoms with Crippen molar-refractivity contribution in [3.8, 4) is 5.75 Å². The van der Waals surface area contributed by atoms with Gasteiger partial charge in [0.25, 0.3) is 0 Å². The van der Waals surface area contributed by atoms with Crippen molar-refractivity contribution in [1.82, 2.24) is 5.43 Å². The fourth-order valence-electron chi connectivity index (χ4n) is 1.01. The number of rotatable bonds is 3. The quantitative estimate of drug-likeness (QED) is 0.423. The fourth-order valence-corrected chi connectivity index (χ4v) is 1.23. The van der Waals surface area contributed by atoms with Gasteiger partial charge >= 0.3 is 11.7 Å². The number of benzene rings is 1. The van der Waals surface area contributed by atoms with Crippen LogP contribution >= 0.6 is 11.6 Å². The highest BCUT2D eigenvalue weighted by Gasteiger charge is 2.17. The topological polar surface area (TPSA) is 131 Å². The van der Waals surface area contributed by atoms with E-state index in [9.17, 15) is 20.0 Å². The van der Waals surface area contributed by atoms with Crippen LogP contribution in [-0.2, 0) is 0 Å². The summed E-state index contributed by atoms with van der Waals surface area (Å²) in [6.07, 6.45) is 0.985. The molecule has 0 aliphatic heterocycles. The fraction of sp³-hybridized carbons (Fsp3) is 0. The number of nitro benzene ring substituents is 1. The van der Waals surface area contributed by atoms with Crippen molar-refractivity contribution >= 4 is 29.5 Å². The molecule has 0 aliphatic rings. The molecule has 9 heteroatoms. The monoisotopic (exact) mass is 258 g/mol. The highest BCUT2D eigenvalue weighted by Crippen LogP contribution is 2.32. The van der Waals surface area contributed by atoms with Crippen molar-refractivity contribution in [1.29, 1.82) is 0 Å². The van der Waals surface area contributed by atoms with Gasteiger partial charge in [-0.1, -0.05) is 11.6 Å². The van der Waals surface area contributed by atoms with Gasteiger partial charge in [-0.3, -0.25) is 10.1 Å². The van der Waals surface area contributed by atoms with Crippen molar-refractivity contribution in [3.63, 3.8) is 0 Å². The predicted molar refractivity (Wildman–Crippen MR) is 60.1 cm³/mol. The van der Waals surface area contributed by atoms with Crippen molar-refractivity contribution in [2.45, 2.75) is 0 Å². The van der Waals surface area contributed by atoms with E-state index in [0.717, 1.165) is 12.3 Å². The number of amides is 2. The first-order chi connectivity index (χ1) is 7.91. The molecule has 1 aromatic carbocycles. The Bertz CT molecular complexity index is 503.